The number of aromatic nitrogens is 1. The maximum Gasteiger partial charge on any atom is 0.308 e. The zero-order valence-corrected chi connectivity index (χ0v) is 17.3. The quantitative estimate of drug-likeness (QED) is 0.667. The summed E-state index contributed by atoms with van der Waals surface area (Å²) in [7, 11) is -3.69. The van der Waals surface area contributed by atoms with E-state index in [0.29, 0.717) is 24.1 Å². The van der Waals surface area contributed by atoms with Crippen molar-refractivity contribution in [2.45, 2.75) is 24.3 Å². The van der Waals surface area contributed by atoms with Crippen molar-refractivity contribution in [3.8, 4) is 0 Å². The first kappa shape index (κ1) is 19.8. The maximum absolute atomic E-state index is 13.0. The molecule has 1 aliphatic heterocycles. The molecule has 2 aromatic carbocycles. The second-order valence-electron chi connectivity index (χ2n) is 7.15. The molecule has 1 amide bonds. The number of piperidine rings is 1. The van der Waals surface area contributed by atoms with Crippen LogP contribution in [0.3, 0.4) is 0 Å². The predicted octanol–water partition coefficient (Wildman–Crippen LogP) is 2.00. The molecule has 0 unspecified atom stereocenters. The number of hydrogen-bond donors (Lipinski definition) is 1. The smallest absolute Gasteiger partial charge is 0.308 e. The summed E-state index contributed by atoms with van der Waals surface area (Å²) in [4.78, 5) is 23.8. The third-order valence-corrected chi connectivity index (χ3v) is 8.15. The normalized spacial score (nSPS) is 16.3. The van der Waals surface area contributed by atoms with Gasteiger partial charge in [0.15, 0.2) is 0 Å². The number of nitrogens with zero attached hydrogens (tertiary/aromatic N) is 2. The highest BCUT2D eigenvalue weighted by atomic mass is 32.2. The average molecular weight is 432 g/mol. The zero-order chi connectivity index (χ0) is 20.6. The molecule has 0 atom stereocenters. The van der Waals surface area contributed by atoms with Gasteiger partial charge in [0.1, 0.15) is 0 Å². The van der Waals surface area contributed by atoms with Gasteiger partial charge in [0.05, 0.1) is 21.7 Å². The number of thiazole rings is 1. The topological polar surface area (TPSA) is 102 Å². The maximum atomic E-state index is 13.0. The zero-order valence-electron chi connectivity index (χ0n) is 15.7. The molecule has 29 heavy (non-hydrogen) atoms. The number of fused-ring (bicyclic) bond motifs is 1. The van der Waals surface area contributed by atoms with Crippen LogP contribution in [0.4, 0.5) is 0 Å². The summed E-state index contributed by atoms with van der Waals surface area (Å²) in [5.41, 5.74) is 7.05. The Balaban J connectivity index is 1.63. The van der Waals surface area contributed by atoms with E-state index in [1.807, 2.05) is 30.3 Å². The van der Waals surface area contributed by atoms with Crippen LogP contribution in [-0.2, 0) is 21.4 Å². The summed E-state index contributed by atoms with van der Waals surface area (Å²) in [6, 6.07) is 14.5. The van der Waals surface area contributed by atoms with Gasteiger partial charge in [0.2, 0.25) is 15.9 Å². The monoisotopic (exact) mass is 431 g/mol. The summed E-state index contributed by atoms with van der Waals surface area (Å²) < 4.78 is 29.7. The van der Waals surface area contributed by atoms with Crippen LogP contribution in [0.5, 0.6) is 0 Å². The van der Waals surface area contributed by atoms with Gasteiger partial charge in [-0.2, -0.15) is 4.31 Å². The van der Waals surface area contributed by atoms with E-state index in [2.05, 4.69) is 0 Å². The first-order valence-corrected chi connectivity index (χ1v) is 11.6. The lowest BCUT2D eigenvalue weighted by atomic mass is 9.98. The van der Waals surface area contributed by atoms with E-state index < -0.39 is 10.0 Å². The van der Waals surface area contributed by atoms with Crippen LogP contribution in [0.1, 0.15) is 18.4 Å². The minimum absolute atomic E-state index is 0.124. The van der Waals surface area contributed by atoms with Crippen molar-refractivity contribution in [1.82, 2.24) is 8.87 Å². The average Bonchev–Trinajstić information content (AvgIpc) is 3.03. The summed E-state index contributed by atoms with van der Waals surface area (Å²) in [6.07, 6.45) is 0.856. The van der Waals surface area contributed by atoms with E-state index in [1.54, 1.807) is 22.8 Å². The van der Waals surface area contributed by atoms with Gasteiger partial charge >= 0.3 is 4.87 Å². The van der Waals surface area contributed by atoms with Crippen LogP contribution >= 0.6 is 11.3 Å². The van der Waals surface area contributed by atoms with Crippen molar-refractivity contribution >= 4 is 37.5 Å². The molecule has 9 heteroatoms. The fraction of sp³-hybridized carbons (Fsp3) is 0.300. The highest BCUT2D eigenvalue weighted by Crippen LogP contribution is 2.27. The molecule has 0 bridgehead atoms. The number of amides is 1. The third kappa shape index (κ3) is 3.85. The standard InChI is InChI=1S/C20H21N3O4S2/c21-19(24)15-8-10-22(11-9-15)29(26,27)16-6-7-17-18(12-16)28-20(25)23(17)13-14-4-2-1-3-5-14/h1-7,12,15H,8-11,13H2,(H2,21,24). The molecule has 4 rings (SSSR count). The molecule has 152 valence electrons. The van der Waals surface area contributed by atoms with Crippen LogP contribution in [0.2, 0.25) is 0 Å². The van der Waals surface area contributed by atoms with Gasteiger partial charge in [0, 0.05) is 19.0 Å². The molecule has 0 aliphatic carbocycles. The van der Waals surface area contributed by atoms with Gasteiger partial charge in [-0.3, -0.25) is 14.2 Å². The molecule has 1 aromatic heterocycles. The van der Waals surface area contributed by atoms with Crippen LogP contribution < -0.4 is 10.6 Å². The first-order valence-electron chi connectivity index (χ1n) is 9.33. The number of nitrogens with two attached hydrogens (primary N) is 1. The van der Waals surface area contributed by atoms with Crippen molar-refractivity contribution < 1.29 is 13.2 Å². The molecule has 0 spiro atoms. The van der Waals surface area contributed by atoms with Gasteiger partial charge in [-0.1, -0.05) is 41.7 Å². The van der Waals surface area contributed by atoms with Crippen molar-refractivity contribution in [1.29, 1.82) is 0 Å². The molecule has 1 fully saturated rings. The Labute approximate surface area is 172 Å². The minimum atomic E-state index is -3.69. The number of carbonyl (C=O) groups is 1. The molecule has 7 nitrogen and oxygen atoms in total. The summed E-state index contributed by atoms with van der Waals surface area (Å²) >= 11 is 1.04. The Morgan fingerprint density at radius 2 is 1.79 bits per heavy atom. The Bertz CT molecular complexity index is 1210. The van der Waals surface area contributed by atoms with E-state index in [9.17, 15) is 18.0 Å². The first-order chi connectivity index (χ1) is 13.9. The summed E-state index contributed by atoms with van der Waals surface area (Å²) in [6.45, 7) is 0.963. The predicted molar refractivity (Wildman–Crippen MR) is 112 cm³/mol. The number of carbonyl (C=O) groups excluding carboxylic acids is 1. The number of rotatable bonds is 5. The molecular weight excluding hydrogens is 410 g/mol. The molecule has 3 aromatic rings. The molecule has 1 aliphatic rings. The van der Waals surface area contributed by atoms with E-state index >= 15 is 0 Å². The summed E-state index contributed by atoms with van der Waals surface area (Å²) in [5, 5.41) is 0. The lowest BCUT2D eigenvalue weighted by Crippen LogP contribution is -2.41. The number of primary amides is 1. The molecular formula is C20H21N3O4S2. The van der Waals surface area contributed by atoms with Crippen molar-refractivity contribution in [2.75, 3.05) is 13.1 Å². The molecule has 2 N–H and O–H groups in total. The van der Waals surface area contributed by atoms with E-state index in [-0.39, 0.29) is 34.7 Å². The Hall–Kier alpha value is -2.49. The van der Waals surface area contributed by atoms with Gasteiger partial charge in [-0.05, 0) is 36.6 Å². The third-order valence-electron chi connectivity index (χ3n) is 5.32. The van der Waals surface area contributed by atoms with Crippen molar-refractivity contribution in [2.24, 2.45) is 11.7 Å². The van der Waals surface area contributed by atoms with Gasteiger partial charge in [-0.25, -0.2) is 8.42 Å². The second-order valence-corrected chi connectivity index (χ2v) is 10.1. The number of benzene rings is 2. The largest absolute Gasteiger partial charge is 0.369 e. The van der Waals surface area contributed by atoms with Crippen molar-refractivity contribution in [3.05, 3.63) is 63.8 Å². The van der Waals surface area contributed by atoms with E-state index in [4.69, 9.17) is 5.73 Å². The van der Waals surface area contributed by atoms with Crippen LogP contribution in [0.25, 0.3) is 10.2 Å². The number of hydrogen-bond acceptors (Lipinski definition) is 5. The second kappa shape index (κ2) is 7.74. The van der Waals surface area contributed by atoms with Crippen molar-refractivity contribution in [3.63, 3.8) is 0 Å². The van der Waals surface area contributed by atoms with E-state index in [1.165, 1.54) is 4.31 Å². The highest BCUT2D eigenvalue weighted by Gasteiger charge is 2.31. The van der Waals surface area contributed by atoms with Gasteiger partial charge in [-0.15, -0.1) is 0 Å². The fourth-order valence-electron chi connectivity index (χ4n) is 3.65. The lowest BCUT2D eigenvalue weighted by molar-refractivity contribution is -0.122. The molecule has 0 saturated carbocycles. The molecule has 0 radical (unpaired) electrons. The fourth-order valence-corrected chi connectivity index (χ4v) is 6.15. The number of sulfonamides is 1. The van der Waals surface area contributed by atoms with Crippen LogP contribution in [0.15, 0.2) is 58.2 Å². The molecule has 2 heterocycles. The van der Waals surface area contributed by atoms with Crippen LogP contribution in [0, 0.1) is 5.92 Å². The lowest BCUT2D eigenvalue weighted by Gasteiger charge is -2.29. The highest BCUT2D eigenvalue weighted by molar-refractivity contribution is 7.89. The Kier molecular flexibility index (Phi) is 5.28. The Morgan fingerprint density at radius 3 is 2.45 bits per heavy atom. The molecule has 1 saturated heterocycles. The van der Waals surface area contributed by atoms with Gasteiger partial charge in [0.25, 0.3) is 0 Å². The summed E-state index contributed by atoms with van der Waals surface area (Å²) in [5.74, 6) is -0.658. The SMILES string of the molecule is NC(=O)C1CCN(S(=O)(=O)c2ccc3c(c2)sc(=O)n3Cc2ccccc2)CC1. The van der Waals surface area contributed by atoms with Crippen LogP contribution in [-0.4, -0.2) is 36.3 Å². The van der Waals surface area contributed by atoms with E-state index in [0.717, 1.165) is 22.4 Å². The van der Waals surface area contributed by atoms with Gasteiger partial charge < -0.3 is 5.73 Å². The minimum Gasteiger partial charge on any atom is -0.369 e. The Morgan fingerprint density at radius 1 is 1.10 bits per heavy atom.